The monoisotopic (exact) mass is 212 g/mol. The number of hydrogen-bond donors (Lipinski definition) is 0. The van der Waals surface area contributed by atoms with Crippen LogP contribution in [-0.4, -0.2) is 12.1 Å². The van der Waals surface area contributed by atoms with Gasteiger partial charge in [-0.05, 0) is 18.3 Å². The van der Waals surface area contributed by atoms with E-state index in [2.05, 4.69) is 34.3 Å². The molecule has 0 N–H and O–H groups in total. The molecule has 0 radical (unpaired) electrons. The van der Waals surface area contributed by atoms with Crippen molar-refractivity contribution in [1.82, 2.24) is 0 Å². The summed E-state index contributed by atoms with van der Waals surface area (Å²) < 4.78 is 5.48. The average Bonchev–Trinajstić information content (AvgIpc) is 2.22. The molecule has 2 nitrogen and oxygen atoms in total. The molecule has 0 rings (SSSR count). The van der Waals surface area contributed by atoms with E-state index in [9.17, 15) is 4.79 Å². The lowest BCUT2D eigenvalue weighted by atomic mass is 9.92. The maximum absolute atomic E-state index is 11.6. The summed E-state index contributed by atoms with van der Waals surface area (Å²) in [4.78, 5) is 11.6. The number of carbonyl (C=O) groups excluding carboxylic acids is 1. The summed E-state index contributed by atoms with van der Waals surface area (Å²) in [5.41, 5.74) is 0.559. The summed E-state index contributed by atoms with van der Waals surface area (Å²) in [6.07, 6.45) is 1.68. The molecular weight excluding hydrogens is 188 g/mol. The van der Waals surface area contributed by atoms with E-state index in [0.717, 1.165) is 6.42 Å². The lowest BCUT2D eigenvalue weighted by Gasteiger charge is -2.26. The SMILES string of the molecule is C=C(CC)C(=O)OC(C(C)C)C(C)CC. The highest BCUT2D eigenvalue weighted by Gasteiger charge is 2.24. The Labute approximate surface area is 93.7 Å². The van der Waals surface area contributed by atoms with Gasteiger partial charge in [0, 0.05) is 5.57 Å². The Hall–Kier alpha value is -0.790. The molecule has 0 spiro atoms. The van der Waals surface area contributed by atoms with E-state index in [1.165, 1.54) is 0 Å². The summed E-state index contributed by atoms with van der Waals surface area (Å²) in [6, 6.07) is 0. The van der Waals surface area contributed by atoms with Gasteiger partial charge in [-0.15, -0.1) is 0 Å². The van der Waals surface area contributed by atoms with Crippen molar-refractivity contribution in [2.24, 2.45) is 11.8 Å². The van der Waals surface area contributed by atoms with E-state index in [-0.39, 0.29) is 12.1 Å². The van der Waals surface area contributed by atoms with E-state index in [4.69, 9.17) is 4.74 Å². The minimum atomic E-state index is -0.239. The van der Waals surface area contributed by atoms with Crippen LogP contribution in [-0.2, 0) is 9.53 Å². The van der Waals surface area contributed by atoms with Crippen LogP contribution in [0.15, 0.2) is 12.2 Å². The first-order valence-corrected chi connectivity index (χ1v) is 5.82. The second kappa shape index (κ2) is 6.65. The van der Waals surface area contributed by atoms with E-state index in [1.807, 2.05) is 6.92 Å². The third kappa shape index (κ3) is 4.50. The molecule has 0 saturated heterocycles. The summed E-state index contributed by atoms with van der Waals surface area (Å²) in [5, 5.41) is 0. The van der Waals surface area contributed by atoms with Crippen molar-refractivity contribution in [3.63, 3.8) is 0 Å². The van der Waals surface area contributed by atoms with Crippen LogP contribution in [0.25, 0.3) is 0 Å². The highest BCUT2D eigenvalue weighted by Crippen LogP contribution is 2.20. The number of carbonyl (C=O) groups is 1. The largest absolute Gasteiger partial charge is 0.458 e. The second-order valence-corrected chi connectivity index (χ2v) is 4.46. The summed E-state index contributed by atoms with van der Waals surface area (Å²) in [7, 11) is 0. The van der Waals surface area contributed by atoms with E-state index < -0.39 is 0 Å². The molecule has 0 saturated carbocycles. The van der Waals surface area contributed by atoms with E-state index in [1.54, 1.807) is 0 Å². The lowest BCUT2D eigenvalue weighted by molar-refractivity contribution is -0.149. The fourth-order valence-electron chi connectivity index (χ4n) is 1.49. The second-order valence-electron chi connectivity index (χ2n) is 4.46. The first kappa shape index (κ1) is 14.2. The minimum Gasteiger partial charge on any atom is -0.458 e. The molecule has 0 aromatic rings. The van der Waals surface area contributed by atoms with Gasteiger partial charge in [0.1, 0.15) is 6.10 Å². The maximum atomic E-state index is 11.6. The Bertz CT molecular complexity index is 219. The van der Waals surface area contributed by atoms with Gasteiger partial charge in [0.2, 0.25) is 0 Å². The fraction of sp³-hybridized carbons (Fsp3) is 0.769. The van der Waals surface area contributed by atoms with Gasteiger partial charge in [-0.1, -0.05) is 47.6 Å². The summed E-state index contributed by atoms with van der Waals surface area (Å²) >= 11 is 0. The predicted octanol–water partition coefficient (Wildman–Crippen LogP) is 3.57. The molecule has 0 aliphatic heterocycles. The Morgan fingerprint density at radius 2 is 1.80 bits per heavy atom. The van der Waals surface area contributed by atoms with Gasteiger partial charge in [-0.25, -0.2) is 4.79 Å². The first-order chi connectivity index (χ1) is 6.93. The molecule has 0 fully saturated rings. The van der Waals surface area contributed by atoms with Gasteiger partial charge in [0.25, 0.3) is 0 Å². The highest BCUT2D eigenvalue weighted by atomic mass is 16.5. The molecule has 0 bridgehead atoms. The van der Waals surface area contributed by atoms with E-state index >= 15 is 0 Å². The topological polar surface area (TPSA) is 26.3 Å². The van der Waals surface area contributed by atoms with Crippen molar-refractivity contribution in [1.29, 1.82) is 0 Å². The van der Waals surface area contributed by atoms with Crippen molar-refractivity contribution in [2.45, 2.75) is 53.6 Å². The quantitative estimate of drug-likeness (QED) is 0.497. The Morgan fingerprint density at radius 3 is 2.13 bits per heavy atom. The molecular formula is C13H24O2. The Kier molecular flexibility index (Phi) is 6.30. The molecule has 0 aliphatic carbocycles. The minimum absolute atomic E-state index is 0.00537. The lowest BCUT2D eigenvalue weighted by Crippen LogP contribution is -2.30. The zero-order valence-electron chi connectivity index (χ0n) is 10.7. The Morgan fingerprint density at radius 1 is 1.27 bits per heavy atom. The molecule has 15 heavy (non-hydrogen) atoms. The maximum Gasteiger partial charge on any atom is 0.333 e. The smallest absolute Gasteiger partial charge is 0.333 e. The molecule has 2 unspecified atom stereocenters. The molecule has 0 aliphatic rings. The molecule has 2 atom stereocenters. The van der Waals surface area contributed by atoms with Gasteiger partial charge in [-0.3, -0.25) is 0 Å². The molecule has 0 aromatic carbocycles. The predicted molar refractivity (Wildman–Crippen MR) is 63.6 cm³/mol. The fourth-order valence-corrected chi connectivity index (χ4v) is 1.49. The average molecular weight is 212 g/mol. The number of ether oxygens (including phenoxy) is 1. The van der Waals surface area contributed by atoms with Crippen LogP contribution >= 0.6 is 0 Å². The van der Waals surface area contributed by atoms with Crippen molar-refractivity contribution in [2.75, 3.05) is 0 Å². The number of rotatable bonds is 6. The van der Waals surface area contributed by atoms with Crippen LogP contribution < -0.4 is 0 Å². The van der Waals surface area contributed by atoms with Crippen LogP contribution in [0.3, 0.4) is 0 Å². The van der Waals surface area contributed by atoms with Crippen molar-refractivity contribution in [3.05, 3.63) is 12.2 Å². The number of hydrogen-bond acceptors (Lipinski definition) is 2. The molecule has 0 aromatic heterocycles. The summed E-state index contributed by atoms with van der Waals surface area (Å²) in [5.74, 6) is 0.517. The molecule has 2 heteroatoms. The first-order valence-electron chi connectivity index (χ1n) is 5.82. The third-order valence-corrected chi connectivity index (χ3v) is 2.82. The van der Waals surface area contributed by atoms with Gasteiger partial charge in [-0.2, -0.15) is 0 Å². The normalized spacial score (nSPS) is 14.8. The van der Waals surface area contributed by atoms with Crippen LogP contribution in [0.5, 0.6) is 0 Å². The zero-order chi connectivity index (χ0) is 12.0. The Balaban J connectivity index is 4.42. The van der Waals surface area contributed by atoms with Crippen molar-refractivity contribution in [3.8, 4) is 0 Å². The van der Waals surface area contributed by atoms with Crippen LogP contribution in [0, 0.1) is 11.8 Å². The van der Waals surface area contributed by atoms with Gasteiger partial charge < -0.3 is 4.74 Å². The van der Waals surface area contributed by atoms with E-state index in [0.29, 0.717) is 23.8 Å². The van der Waals surface area contributed by atoms with Gasteiger partial charge >= 0.3 is 5.97 Å². The van der Waals surface area contributed by atoms with Crippen LogP contribution in [0.4, 0.5) is 0 Å². The van der Waals surface area contributed by atoms with Crippen molar-refractivity contribution < 1.29 is 9.53 Å². The third-order valence-electron chi connectivity index (χ3n) is 2.82. The summed E-state index contributed by atoms with van der Waals surface area (Å²) in [6.45, 7) is 14.0. The molecule has 0 amide bonds. The highest BCUT2D eigenvalue weighted by molar-refractivity contribution is 5.87. The molecule has 0 heterocycles. The van der Waals surface area contributed by atoms with Crippen LogP contribution in [0.2, 0.25) is 0 Å². The van der Waals surface area contributed by atoms with Crippen molar-refractivity contribution >= 4 is 5.97 Å². The number of esters is 1. The standard InChI is InChI=1S/C13H24O2/c1-7-10(5)12(9(3)4)15-13(14)11(6)8-2/h9-10,12H,6-8H2,1-5H3. The van der Waals surface area contributed by atoms with Crippen LogP contribution in [0.1, 0.15) is 47.5 Å². The molecule has 88 valence electrons. The zero-order valence-corrected chi connectivity index (χ0v) is 10.7. The van der Waals surface area contributed by atoms with Gasteiger partial charge in [0.15, 0.2) is 0 Å². The van der Waals surface area contributed by atoms with Gasteiger partial charge in [0.05, 0.1) is 0 Å².